The number of anilines is 1. The van der Waals surface area contributed by atoms with Gasteiger partial charge in [0.15, 0.2) is 5.82 Å². The van der Waals surface area contributed by atoms with Crippen LogP contribution >= 0.6 is 0 Å². The Balaban J connectivity index is 1.86. The van der Waals surface area contributed by atoms with Gasteiger partial charge in [0.05, 0.1) is 12.3 Å². The summed E-state index contributed by atoms with van der Waals surface area (Å²) >= 11 is 0. The molecule has 0 radical (unpaired) electrons. The molecule has 0 aliphatic carbocycles. The van der Waals surface area contributed by atoms with Crippen LogP contribution in [0.2, 0.25) is 0 Å². The van der Waals surface area contributed by atoms with Gasteiger partial charge in [-0.1, -0.05) is 0 Å². The Morgan fingerprint density at radius 1 is 1.32 bits per heavy atom. The number of piperidine rings is 1. The van der Waals surface area contributed by atoms with Crippen LogP contribution in [0.5, 0.6) is 0 Å². The van der Waals surface area contributed by atoms with E-state index in [1.54, 1.807) is 19.5 Å². The minimum atomic E-state index is 0.407. The van der Waals surface area contributed by atoms with E-state index in [0.29, 0.717) is 18.5 Å². The molecule has 1 aliphatic rings. The standard InChI is InChI=1S/C16H21N5O/c1-22-11-14-9-15(19-13-3-2-6-18-10-13)21-16(20-14)12-4-7-17-8-5-12/h4-5,7-9,13,18H,2-3,6,10-11H2,1H3,(H,19,20,21). The lowest BCUT2D eigenvalue weighted by atomic mass is 10.1. The second-order valence-corrected chi connectivity index (χ2v) is 5.42. The summed E-state index contributed by atoms with van der Waals surface area (Å²) < 4.78 is 5.22. The van der Waals surface area contributed by atoms with Crippen LogP contribution in [0, 0.1) is 0 Å². The van der Waals surface area contributed by atoms with Gasteiger partial charge in [-0.3, -0.25) is 4.98 Å². The predicted octanol–water partition coefficient (Wildman–Crippen LogP) is 1.85. The van der Waals surface area contributed by atoms with Crippen molar-refractivity contribution in [1.29, 1.82) is 0 Å². The molecule has 2 aromatic heterocycles. The molecule has 2 aromatic rings. The summed E-state index contributed by atoms with van der Waals surface area (Å²) in [6.07, 6.45) is 5.84. The van der Waals surface area contributed by atoms with Gasteiger partial charge in [0.2, 0.25) is 0 Å². The van der Waals surface area contributed by atoms with Crippen molar-refractivity contribution in [3.05, 3.63) is 36.3 Å². The van der Waals surface area contributed by atoms with Crippen LogP contribution in [-0.2, 0) is 11.3 Å². The van der Waals surface area contributed by atoms with E-state index in [1.807, 2.05) is 18.2 Å². The maximum Gasteiger partial charge on any atom is 0.161 e. The number of methoxy groups -OCH3 is 1. The highest BCUT2D eigenvalue weighted by atomic mass is 16.5. The zero-order valence-corrected chi connectivity index (χ0v) is 12.7. The molecule has 0 aromatic carbocycles. The van der Waals surface area contributed by atoms with Crippen molar-refractivity contribution in [2.45, 2.75) is 25.5 Å². The predicted molar refractivity (Wildman–Crippen MR) is 85.5 cm³/mol. The quantitative estimate of drug-likeness (QED) is 0.878. The smallest absolute Gasteiger partial charge is 0.161 e. The molecule has 116 valence electrons. The summed E-state index contributed by atoms with van der Waals surface area (Å²) in [6.45, 7) is 2.53. The largest absolute Gasteiger partial charge is 0.378 e. The molecular formula is C16H21N5O. The highest BCUT2D eigenvalue weighted by Gasteiger charge is 2.14. The molecule has 1 unspecified atom stereocenters. The van der Waals surface area contributed by atoms with Crippen LogP contribution in [0.25, 0.3) is 11.4 Å². The lowest BCUT2D eigenvalue weighted by Gasteiger charge is -2.24. The third-order valence-electron chi connectivity index (χ3n) is 3.66. The number of pyridine rings is 1. The average molecular weight is 299 g/mol. The summed E-state index contributed by atoms with van der Waals surface area (Å²) in [4.78, 5) is 13.3. The van der Waals surface area contributed by atoms with Crippen molar-refractivity contribution in [1.82, 2.24) is 20.3 Å². The van der Waals surface area contributed by atoms with E-state index in [0.717, 1.165) is 36.6 Å². The third kappa shape index (κ3) is 3.78. The van der Waals surface area contributed by atoms with Crippen LogP contribution in [0.3, 0.4) is 0 Å². The van der Waals surface area contributed by atoms with Gasteiger partial charge in [0.1, 0.15) is 5.82 Å². The van der Waals surface area contributed by atoms with E-state index in [-0.39, 0.29) is 0 Å². The van der Waals surface area contributed by atoms with Crippen LogP contribution < -0.4 is 10.6 Å². The first-order chi connectivity index (χ1) is 10.8. The zero-order chi connectivity index (χ0) is 15.2. The molecule has 6 heteroatoms. The molecular weight excluding hydrogens is 278 g/mol. The SMILES string of the molecule is COCc1cc(NC2CCCNC2)nc(-c2ccncc2)n1. The number of nitrogens with one attached hydrogen (secondary N) is 2. The second kappa shape index (κ2) is 7.29. The van der Waals surface area contributed by atoms with Crippen molar-refractivity contribution >= 4 is 5.82 Å². The molecule has 1 aliphatic heterocycles. The highest BCUT2D eigenvalue weighted by molar-refractivity contribution is 5.56. The van der Waals surface area contributed by atoms with Gasteiger partial charge < -0.3 is 15.4 Å². The molecule has 0 bridgehead atoms. The molecule has 1 atom stereocenters. The monoisotopic (exact) mass is 299 g/mol. The summed E-state index contributed by atoms with van der Waals surface area (Å²) in [6, 6.07) is 6.20. The Hall–Kier alpha value is -2.05. The van der Waals surface area contributed by atoms with E-state index in [1.165, 1.54) is 6.42 Å². The molecule has 6 nitrogen and oxygen atoms in total. The maximum absolute atomic E-state index is 5.22. The Labute approximate surface area is 130 Å². The molecule has 22 heavy (non-hydrogen) atoms. The number of rotatable bonds is 5. The topological polar surface area (TPSA) is 72.0 Å². The fourth-order valence-electron chi connectivity index (χ4n) is 2.61. The van der Waals surface area contributed by atoms with E-state index < -0.39 is 0 Å². The fraction of sp³-hybridized carbons (Fsp3) is 0.438. The number of aromatic nitrogens is 3. The lowest BCUT2D eigenvalue weighted by Crippen LogP contribution is -2.38. The van der Waals surface area contributed by atoms with Gasteiger partial charge in [-0.2, -0.15) is 0 Å². The van der Waals surface area contributed by atoms with Crippen LogP contribution in [0.4, 0.5) is 5.82 Å². The van der Waals surface area contributed by atoms with Crippen molar-refractivity contribution in [2.75, 3.05) is 25.5 Å². The van der Waals surface area contributed by atoms with Gasteiger partial charge in [0.25, 0.3) is 0 Å². The Morgan fingerprint density at radius 2 is 2.18 bits per heavy atom. The van der Waals surface area contributed by atoms with E-state index >= 15 is 0 Å². The van der Waals surface area contributed by atoms with Gasteiger partial charge in [-0.05, 0) is 31.5 Å². The first kappa shape index (κ1) is 14.9. The molecule has 1 saturated heterocycles. The molecule has 2 N–H and O–H groups in total. The van der Waals surface area contributed by atoms with Gasteiger partial charge in [0, 0.05) is 43.7 Å². The van der Waals surface area contributed by atoms with E-state index in [4.69, 9.17) is 4.74 Å². The first-order valence-corrected chi connectivity index (χ1v) is 7.59. The van der Waals surface area contributed by atoms with Crippen LogP contribution in [-0.4, -0.2) is 41.2 Å². The Bertz CT molecular complexity index is 599. The summed E-state index contributed by atoms with van der Waals surface area (Å²) in [5.74, 6) is 1.55. The lowest BCUT2D eigenvalue weighted by molar-refractivity contribution is 0.181. The maximum atomic E-state index is 5.22. The van der Waals surface area contributed by atoms with Gasteiger partial charge >= 0.3 is 0 Å². The first-order valence-electron chi connectivity index (χ1n) is 7.59. The normalized spacial score (nSPS) is 18.1. The van der Waals surface area contributed by atoms with Gasteiger partial charge in [-0.25, -0.2) is 9.97 Å². The Kier molecular flexibility index (Phi) is 4.92. The summed E-state index contributed by atoms with van der Waals surface area (Å²) in [5.41, 5.74) is 1.83. The Morgan fingerprint density at radius 3 is 2.91 bits per heavy atom. The molecule has 0 amide bonds. The third-order valence-corrected chi connectivity index (χ3v) is 3.66. The minimum Gasteiger partial charge on any atom is -0.378 e. The van der Waals surface area contributed by atoms with Crippen molar-refractivity contribution in [3.63, 3.8) is 0 Å². The number of ether oxygens (including phenoxy) is 1. The molecule has 3 heterocycles. The van der Waals surface area contributed by atoms with Gasteiger partial charge in [-0.15, -0.1) is 0 Å². The number of nitrogens with zero attached hydrogens (tertiary/aromatic N) is 3. The fourth-order valence-corrected chi connectivity index (χ4v) is 2.61. The number of hydrogen-bond donors (Lipinski definition) is 2. The average Bonchev–Trinajstić information content (AvgIpc) is 2.57. The summed E-state index contributed by atoms with van der Waals surface area (Å²) in [5, 5.41) is 6.91. The highest BCUT2D eigenvalue weighted by Crippen LogP contribution is 2.19. The summed E-state index contributed by atoms with van der Waals surface area (Å²) in [7, 11) is 1.67. The number of hydrogen-bond acceptors (Lipinski definition) is 6. The van der Waals surface area contributed by atoms with Crippen LogP contribution in [0.15, 0.2) is 30.6 Å². The molecule has 1 fully saturated rings. The van der Waals surface area contributed by atoms with E-state index in [9.17, 15) is 0 Å². The molecule has 0 saturated carbocycles. The second-order valence-electron chi connectivity index (χ2n) is 5.42. The zero-order valence-electron chi connectivity index (χ0n) is 12.7. The van der Waals surface area contributed by atoms with Crippen LogP contribution in [0.1, 0.15) is 18.5 Å². The molecule has 3 rings (SSSR count). The molecule has 0 spiro atoms. The van der Waals surface area contributed by atoms with Crippen molar-refractivity contribution < 1.29 is 4.74 Å². The minimum absolute atomic E-state index is 0.407. The van der Waals surface area contributed by atoms with E-state index in [2.05, 4.69) is 25.6 Å². The van der Waals surface area contributed by atoms with Crippen molar-refractivity contribution in [3.8, 4) is 11.4 Å². The van der Waals surface area contributed by atoms with Crippen molar-refractivity contribution in [2.24, 2.45) is 0 Å².